The van der Waals surface area contributed by atoms with Crippen LogP contribution < -0.4 is 10.1 Å². The lowest BCUT2D eigenvalue weighted by molar-refractivity contribution is -0.117. The molecule has 1 amide bonds. The standard InChI is InChI=1S/C10H12N2O2/c1-14-9-4-2-3-8(11-9)12-10(13)7-5-6-7/h2-4,7H,5-6H2,1H3,(H,11,12,13). The Morgan fingerprint density at radius 1 is 1.57 bits per heavy atom. The number of carbonyl (C=O) groups excluding carboxylic acids is 1. The Hall–Kier alpha value is -1.58. The van der Waals surface area contributed by atoms with Gasteiger partial charge >= 0.3 is 0 Å². The van der Waals surface area contributed by atoms with Crippen LogP contribution in [-0.2, 0) is 4.79 Å². The van der Waals surface area contributed by atoms with Gasteiger partial charge in [0, 0.05) is 12.0 Å². The maximum Gasteiger partial charge on any atom is 0.228 e. The zero-order valence-corrected chi connectivity index (χ0v) is 7.99. The van der Waals surface area contributed by atoms with Crippen LogP contribution in [0.3, 0.4) is 0 Å². The molecule has 0 radical (unpaired) electrons. The van der Waals surface area contributed by atoms with E-state index in [2.05, 4.69) is 10.3 Å². The fourth-order valence-electron chi connectivity index (χ4n) is 1.17. The molecule has 74 valence electrons. The van der Waals surface area contributed by atoms with Crippen LogP contribution in [-0.4, -0.2) is 18.0 Å². The van der Waals surface area contributed by atoms with Crippen LogP contribution in [0.1, 0.15) is 12.8 Å². The summed E-state index contributed by atoms with van der Waals surface area (Å²) in [5.74, 6) is 1.33. The number of hydrogen-bond acceptors (Lipinski definition) is 3. The molecule has 1 aromatic heterocycles. The predicted octanol–water partition coefficient (Wildman–Crippen LogP) is 1.44. The third kappa shape index (κ3) is 2.02. The second-order valence-electron chi connectivity index (χ2n) is 3.33. The van der Waals surface area contributed by atoms with Crippen molar-refractivity contribution in [1.82, 2.24) is 4.98 Å². The van der Waals surface area contributed by atoms with E-state index in [-0.39, 0.29) is 11.8 Å². The van der Waals surface area contributed by atoms with E-state index in [1.54, 1.807) is 25.3 Å². The van der Waals surface area contributed by atoms with E-state index in [0.29, 0.717) is 11.7 Å². The van der Waals surface area contributed by atoms with E-state index in [1.165, 1.54) is 0 Å². The van der Waals surface area contributed by atoms with Gasteiger partial charge in [-0.25, -0.2) is 0 Å². The summed E-state index contributed by atoms with van der Waals surface area (Å²) in [6, 6.07) is 5.30. The number of nitrogens with zero attached hydrogens (tertiary/aromatic N) is 1. The highest BCUT2D eigenvalue weighted by Crippen LogP contribution is 2.30. The lowest BCUT2D eigenvalue weighted by Gasteiger charge is -2.04. The highest BCUT2D eigenvalue weighted by atomic mass is 16.5. The molecule has 1 aliphatic carbocycles. The van der Waals surface area contributed by atoms with Gasteiger partial charge in [0.25, 0.3) is 0 Å². The van der Waals surface area contributed by atoms with Crippen LogP contribution in [0.25, 0.3) is 0 Å². The second-order valence-corrected chi connectivity index (χ2v) is 3.33. The topological polar surface area (TPSA) is 51.2 Å². The number of ether oxygens (including phenoxy) is 1. The van der Waals surface area contributed by atoms with Crippen LogP contribution in [0.5, 0.6) is 5.88 Å². The van der Waals surface area contributed by atoms with Gasteiger partial charge in [0.15, 0.2) is 0 Å². The van der Waals surface area contributed by atoms with E-state index < -0.39 is 0 Å². The molecule has 1 fully saturated rings. The van der Waals surface area contributed by atoms with Crippen LogP contribution in [0.15, 0.2) is 18.2 Å². The largest absolute Gasteiger partial charge is 0.481 e. The Kier molecular flexibility index (Phi) is 2.35. The number of hydrogen-bond donors (Lipinski definition) is 1. The fourth-order valence-corrected chi connectivity index (χ4v) is 1.17. The van der Waals surface area contributed by atoms with Crippen molar-refractivity contribution < 1.29 is 9.53 Å². The number of aromatic nitrogens is 1. The Morgan fingerprint density at radius 3 is 3.00 bits per heavy atom. The number of anilines is 1. The molecule has 0 aromatic carbocycles. The third-order valence-corrected chi connectivity index (χ3v) is 2.13. The van der Waals surface area contributed by atoms with E-state index in [9.17, 15) is 4.79 Å². The maximum atomic E-state index is 11.4. The average molecular weight is 192 g/mol. The van der Waals surface area contributed by atoms with Gasteiger partial charge in [-0.1, -0.05) is 6.07 Å². The molecule has 1 heterocycles. The average Bonchev–Trinajstić information content (AvgIpc) is 3.01. The first-order valence-electron chi connectivity index (χ1n) is 4.61. The quantitative estimate of drug-likeness (QED) is 0.788. The van der Waals surface area contributed by atoms with Crippen molar-refractivity contribution >= 4 is 11.7 Å². The van der Waals surface area contributed by atoms with E-state index in [0.717, 1.165) is 12.8 Å². The number of amides is 1. The minimum atomic E-state index is 0.0609. The summed E-state index contributed by atoms with van der Waals surface area (Å²) in [4.78, 5) is 15.5. The zero-order chi connectivity index (χ0) is 9.97. The molecule has 0 atom stereocenters. The molecule has 0 saturated heterocycles. The summed E-state index contributed by atoms with van der Waals surface area (Å²) in [5, 5.41) is 2.75. The van der Waals surface area contributed by atoms with Crippen LogP contribution in [0.2, 0.25) is 0 Å². The molecule has 1 saturated carbocycles. The lowest BCUT2D eigenvalue weighted by atomic mass is 10.4. The van der Waals surface area contributed by atoms with E-state index in [4.69, 9.17) is 4.74 Å². The van der Waals surface area contributed by atoms with Gasteiger partial charge < -0.3 is 10.1 Å². The molecule has 1 aromatic rings. The van der Waals surface area contributed by atoms with Gasteiger partial charge in [0.1, 0.15) is 5.82 Å². The summed E-state index contributed by atoms with van der Waals surface area (Å²) in [5.41, 5.74) is 0. The Balaban J connectivity index is 2.04. The van der Waals surface area contributed by atoms with Crippen LogP contribution in [0, 0.1) is 5.92 Å². The molecular formula is C10H12N2O2. The summed E-state index contributed by atoms with van der Waals surface area (Å²) in [6.07, 6.45) is 1.99. The van der Waals surface area contributed by atoms with Crippen molar-refractivity contribution in [2.45, 2.75) is 12.8 Å². The number of carbonyl (C=O) groups is 1. The smallest absolute Gasteiger partial charge is 0.228 e. The Morgan fingerprint density at radius 2 is 2.36 bits per heavy atom. The first-order valence-corrected chi connectivity index (χ1v) is 4.61. The minimum Gasteiger partial charge on any atom is -0.481 e. The molecule has 1 aliphatic rings. The van der Waals surface area contributed by atoms with E-state index >= 15 is 0 Å². The Labute approximate surface area is 82.3 Å². The zero-order valence-electron chi connectivity index (χ0n) is 7.99. The van der Waals surface area contributed by atoms with Gasteiger partial charge in [0.05, 0.1) is 7.11 Å². The summed E-state index contributed by atoms with van der Waals surface area (Å²) in [6.45, 7) is 0. The minimum absolute atomic E-state index is 0.0609. The maximum absolute atomic E-state index is 11.4. The van der Waals surface area contributed by atoms with Crippen molar-refractivity contribution in [3.05, 3.63) is 18.2 Å². The monoisotopic (exact) mass is 192 g/mol. The van der Waals surface area contributed by atoms with Crippen molar-refractivity contribution in [1.29, 1.82) is 0 Å². The van der Waals surface area contributed by atoms with Crippen molar-refractivity contribution in [2.75, 3.05) is 12.4 Å². The molecule has 14 heavy (non-hydrogen) atoms. The van der Waals surface area contributed by atoms with Crippen LogP contribution >= 0.6 is 0 Å². The molecule has 0 spiro atoms. The summed E-state index contributed by atoms with van der Waals surface area (Å²) >= 11 is 0. The molecule has 0 bridgehead atoms. The third-order valence-electron chi connectivity index (χ3n) is 2.13. The first-order chi connectivity index (χ1) is 6.79. The van der Waals surface area contributed by atoms with Gasteiger partial charge in [-0.05, 0) is 18.9 Å². The molecule has 4 nitrogen and oxygen atoms in total. The number of nitrogens with one attached hydrogen (secondary N) is 1. The van der Waals surface area contributed by atoms with Gasteiger partial charge in [-0.15, -0.1) is 0 Å². The van der Waals surface area contributed by atoms with Gasteiger partial charge in [-0.3, -0.25) is 4.79 Å². The number of rotatable bonds is 3. The first kappa shape index (κ1) is 8.99. The number of methoxy groups -OCH3 is 1. The Bertz CT molecular complexity index is 348. The van der Waals surface area contributed by atoms with Gasteiger partial charge in [-0.2, -0.15) is 4.98 Å². The molecular weight excluding hydrogens is 180 g/mol. The highest BCUT2D eigenvalue weighted by Gasteiger charge is 2.29. The predicted molar refractivity (Wildman–Crippen MR) is 52.1 cm³/mol. The van der Waals surface area contributed by atoms with Crippen molar-refractivity contribution in [3.8, 4) is 5.88 Å². The van der Waals surface area contributed by atoms with Gasteiger partial charge in [0.2, 0.25) is 11.8 Å². The highest BCUT2D eigenvalue weighted by molar-refractivity contribution is 5.93. The summed E-state index contributed by atoms with van der Waals surface area (Å²) < 4.78 is 4.95. The van der Waals surface area contributed by atoms with Crippen molar-refractivity contribution in [2.24, 2.45) is 5.92 Å². The lowest BCUT2D eigenvalue weighted by Crippen LogP contribution is -2.14. The summed E-state index contributed by atoms with van der Waals surface area (Å²) in [7, 11) is 1.55. The molecule has 1 N–H and O–H groups in total. The van der Waals surface area contributed by atoms with E-state index in [1.807, 2.05) is 0 Å². The van der Waals surface area contributed by atoms with Crippen LogP contribution in [0.4, 0.5) is 5.82 Å². The number of pyridine rings is 1. The molecule has 2 rings (SSSR count). The molecule has 0 unspecified atom stereocenters. The van der Waals surface area contributed by atoms with Crippen molar-refractivity contribution in [3.63, 3.8) is 0 Å². The molecule has 0 aliphatic heterocycles. The molecule has 4 heteroatoms. The second kappa shape index (κ2) is 3.65. The SMILES string of the molecule is COc1cccc(NC(=O)C2CC2)n1. The fraction of sp³-hybridized carbons (Fsp3) is 0.400. The normalized spacial score (nSPS) is 14.9.